The van der Waals surface area contributed by atoms with Crippen molar-refractivity contribution in [2.45, 2.75) is 20.0 Å². The van der Waals surface area contributed by atoms with Gasteiger partial charge in [0.25, 0.3) is 0 Å². The van der Waals surface area contributed by atoms with E-state index < -0.39 is 21.8 Å². The Labute approximate surface area is 152 Å². The number of aryl methyl sites for hydroxylation is 1. The summed E-state index contributed by atoms with van der Waals surface area (Å²) in [4.78, 5) is 2.44. The summed E-state index contributed by atoms with van der Waals surface area (Å²) < 4.78 is 4.85. The molecular formula is C22H22BiN. The summed E-state index contributed by atoms with van der Waals surface area (Å²) in [5.74, 6) is 0. The van der Waals surface area contributed by atoms with E-state index in [1.54, 1.807) is 9.81 Å². The average Bonchev–Trinajstić information content (AvgIpc) is 2.58. The Hall–Kier alpha value is -1.50. The van der Waals surface area contributed by atoms with E-state index >= 15 is 0 Å². The van der Waals surface area contributed by atoms with E-state index in [2.05, 4.69) is 91.7 Å². The first kappa shape index (κ1) is 16.0. The summed E-state index contributed by atoms with van der Waals surface area (Å²) in [5.41, 5.74) is 4.39. The van der Waals surface area contributed by atoms with Crippen molar-refractivity contribution in [3.8, 4) is 0 Å². The van der Waals surface area contributed by atoms with Gasteiger partial charge in [0.2, 0.25) is 0 Å². The van der Waals surface area contributed by atoms with Crippen molar-refractivity contribution in [2.75, 3.05) is 7.05 Å². The van der Waals surface area contributed by atoms with Crippen molar-refractivity contribution < 1.29 is 0 Å². The molecule has 0 saturated heterocycles. The first-order chi connectivity index (χ1) is 11.7. The van der Waals surface area contributed by atoms with Gasteiger partial charge >= 0.3 is 153 Å². The van der Waals surface area contributed by atoms with Crippen LogP contribution in [0.1, 0.15) is 16.7 Å². The van der Waals surface area contributed by atoms with Crippen LogP contribution in [0.2, 0.25) is 0 Å². The normalized spacial score (nSPS) is 15.2. The van der Waals surface area contributed by atoms with Crippen LogP contribution in [-0.2, 0) is 13.1 Å². The van der Waals surface area contributed by atoms with Gasteiger partial charge in [0.1, 0.15) is 0 Å². The molecule has 0 N–H and O–H groups in total. The van der Waals surface area contributed by atoms with Crippen molar-refractivity contribution in [3.63, 3.8) is 0 Å². The first-order valence-corrected chi connectivity index (χ1v) is 13.6. The molecule has 1 aliphatic rings. The van der Waals surface area contributed by atoms with Gasteiger partial charge in [-0.05, 0) is 0 Å². The zero-order chi connectivity index (χ0) is 16.5. The summed E-state index contributed by atoms with van der Waals surface area (Å²) in [5, 5.41) is 0. The van der Waals surface area contributed by atoms with Crippen LogP contribution in [0.5, 0.6) is 0 Å². The fourth-order valence-electron chi connectivity index (χ4n) is 3.46. The van der Waals surface area contributed by atoms with Crippen LogP contribution >= 0.6 is 0 Å². The Morgan fingerprint density at radius 1 is 0.708 bits per heavy atom. The Balaban J connectivity index is 1.97. The van der Waals surface area contributed by atoms with E-state index in [0.29, 0.717) is 0 Å². The van der Waals surface area contributed by atoms with Crippen molar-refractivity contribution in [1.82, 2.24) is 4.90 Å². The molecule has 0 spiro atoms. The number of hydrogen-bond donors (Lipinski definition) is 0. The van der Waals surface area contributed by atoms with Crippen molar-refractivity contribution in [2.24, 2.45) is 0 Å². The number of nitrogens with zero attached hydrogens (tertiary/aromatic N) is 1. The third-order valence-electron chi connectivity index (χ3n) is 4.64. The maximum atomic E-state index is 2.44. The van der Waals surface area contributed by atoms with Gasteiger partial charge in [0.05, 0.1) is 0 Å². The van der Waals surface area contributed by atoms with Gasteiger partial charge < -0.3 is 0 Å². The molecule has 1 nitrogen and oxygen atoms in total. The van der Waals surface area contributed by atoms with Crippen LogP contribution in [-0.4, -0.2) is 33.7 Å². The zero-order valence-corrected chi connectivity index (χ0v) is 17.7. The Morgan fingerprint density at radius 3 is 1.75 bits per heavy atom. The van der Waals surface area contributed by atoms with Crippen molar-refractivity contribution >= 4 is 31.6 Å². The molecule has 3 aromatic carbocycles. The molecule has 0 fully saturated rings. The molecule has 120 valence electrons. The molecule has 0 atom stereocenters. The van der Waals surface area contributed by atoms with E-state index in [0.717, 1.165) is 13.1 Å². The first-order valence-electron chi connectivity index (χ1n) is 8.43. The van der Waals surface area contributed by atoms with Gasteiger partial charge in [-0.15, -0.1) is 0 Å². The van der Waals surface area contributed by atoms with Gasteiger partial charge in [-0.25, -0.2) is 0 Å². The van der Waals surface area contributed by atoms with Crippen LogP contribution in [0.3, 0.4) is 0 Å². The molecule has 3 aromatic rings. The molecule has 4 rings (SSSR count). The molecule has 0 radical (unpaired) electrons. The summed E-state index contributed by atoms with van der Waals surface area (Å²) in [6.45, 7) is 4.26. The van der Waals surface area contributed by atoms with Crippen molar-refractivity contribution in [1.29, 1.82) is 0 Å². The van der Waals surface area contributed by atoms with Gasteiger partial charge in [-0.2, -0.15) is 0 Å². The summed E-state index contributed by atoms with van der Waals surface area (Å²) in [6, 6.07) is 27.6. The third-order valence-corrected chi connectivity index (χ3v) is 14.9. The summed E-state index contributed by atoms with van der Waals surface area (Å²) in [6.07, 6.45) is 0. The molecule has 0 aliphatic carbocycles. The second kappa shape index (κ2) is 6.78. The van der Waals surface area contributed by atoms with Gasteiger partial charge in [0, 0.05) is 0 Å². The monoisotopic (exact) mass is 509 g/mol. The van der Waals surface area contributed by atoms with Gasteiger partial charge in [-0.3, -0.25) is 0 Å². The second-order valence-electron chi connectivity index (χ2n) is 6.60. The van der Waals surface area contributed by atoms with E-state index in [1.807, 2.05) is 0 Å². The molecule has 2 heteroatoms. The molecule has 0 saturated carbocycles. The minimum atomic E-state index is -2.24. The number of benzene rings is 3. The Morgan fingerprint density at radius 2 is 1.21 bits per heavy atom. The predicted octanol–water partition coefficient (Wildman–Crippen LogP) is 2.46. The second-order valence-corrected chi connectivity index (χ2v) is 15.0. The predicted molar refractivity (Wildman–Crippen MR) is 104 cm³/mol. The maximum absolute atomic E-state index is 2.44. The topological polar surface area (TPSA) is 3.24 Å². The number of rotatable bonds is 1. The minimum absolute atomic E-state index is 1.04. The number of fused-ring (bicyclic) bond motifs is 2. The molecule has 1 heterocycles. The summed E-state index contributed by atoms with van der Waals surface area (Å²) >= 11 is -2.24. The van der Waals surface area contributed by atoms with Crippen LogP contribution in [0, 0.1) is 6.92 Å². The molecule has 0 aromatic heterocycles. The average molecular weight is 509 g/mol. The van der Waals surface area contributed by atoms with E-state index in [-0.39, 0.29) is 0 Å². The van der Waals surface area contributed by atoms with Crippen LogP contribution in [0.4, 0.5) is 0 Å². The Bertz CT molecular complexity index is 804. The molecule has 24 heavy (non-hydrogen) atoms. The summed E-state index contributed by atoms with van der Waals surface area (Å²) in [7, 11) is 2.23. The van der Waals surface area contributed by atoms with E-state index in [4.69, 9.17) is 0 Å². The molecule has 1 aliphatic heterocycles. The molecule has 0 amide bonds. The fourth-order valence-corrected chi connectivity index (χ4v) is 13.6. The SMILES string of the molecule is Cc1cc[c]([Bi]2[c]3ccccc3CN(C)Cc3cccc[c]32)cc1. The van der Waals surface area contributed by atoms with E-state index in [9.17, 15) is 0 Å². The number of hydrogen-bond acceptors (Lipinski definition) is 1. The molecular weight excluding hydrogens is 487 g/mol. The zero-order valence-electron chi connectivity index (χ0n) is 14.2. The Kier molecular flexibility index (Phi) is 4.52. The molecule has 0 unspecified atom stereocenters. The van der Waals surface area contributed by atoms with Crippen LogP contribution in [0.15, 0.2) is 72.8 Å². The quantitative estimate of drug-likeness (QED) is 0.456. The standard InChI is InChI=1S/C15H15N.C7H7.Bi/c1-16(12-14-8-4-2-5-9-14)13-15-10-6-3-7-11-15;1-7-5-3-2-4-6-7;/h2-8,10H,12-13H2,1H3;3-6H,1H3;. The fraction of sp³-hybridized carbons (Fsp3) is 0.182. The van der Waals surface area contributed by atoms with Gasteiger partial charge in [0.15, 0.2) is 0 Å². The molecule has 0 bridgehead atoms. The van der Waals surface area contributed by atoms with E-state index in [1.165, 1.54) is 16.7 Å². The van der Waals surface area contributed by atoms with Crippen LogP contribution < -0.4 is 9.81 Å². The van der Waals surface area contributed by atoms with Crippen LogP contribution in [0.25, 0.3) is 0 Å². The van der Waals surface area contributed by atoms with Gasteiger partial charge in [-0.1, -0.05) is 0 Å². The third kappa shape index (κ3) is 3.06. The van der Waals surface area contributed by atoms with Crippen molar-refractivity contribution in [3.05, 3.63) is 89.5 Å².